The largest absolute Gasteiger partial charge is 0.462 e. The summed E-state index contributed by atoms with van der Waals surface area (Å²) in [6.45, 7) is 3.73. The number of nitrogens with zero attached hydrogens (tertiary/aromatic N) is 1. The summed E-state index contributed by atoms with van der Waals surface area (Å²) >= 11 is 5.55. The Morgan fingerprint density at radius 1 is 1.69 bits per heavy atom. The van der Waals surface area contributed by atoms with Crippen LogP contribution >= 0.6 is 11.6 Å². The van der Waals surface area contributed by atoms with Gasteiger partial charge in [0.05, 0.1) is 18.2 Å². The molecule has 0 spiro atoms. The lowest BCUT2D eigenvalue weighted by atomic mass is 10.2. The summed E-state index contributed by atoms with van der Waals surface area (Å²) < 4.78 is 9.64. The number of carbonyl (C=O) groups excluding carboxylic acids is 1. The zero-order valence-corrected chi connectivity index (χ0v) is 8.22. The van der Waals surface area contributed by atoms with E-state index in [1.54, 1.807) is 13.8 Å². The van der Waals surface area contributed by atoms with Crippen LogP contribution in [-0.4, -0.2) is 17.7 Å². The summed E-state index contributed by atoms with van der Waals surface area (Å²) in [4.78, 5) is 11.3. The van der Waals surface area contributed by atoms with Crippen molar-refractivity contribution in [1.82, 2.24) is 5.16 Å². The molecule has 0 aromatic carbocycles. The van der Waals surface area contributed by atoms with Gasteiger partial charge in [0.25, 0.3) is 0 Å². The molecule has 0 atom stereocenters. The Kier molecular flexibility index (Phi) is 3.31. The number of hydrogen-bond donors (Lipinski definition) is 0. The Morgan fingerprint density at radius 3 is 2.92 bits per heavy atom. The highest BCUT2D eigenvalue weighted by atomic mass is 35.5. The van der Waals surface area contributed by atoms with Crippen molar-refractivity contribution < 1.29 is 14.1 Å². The lowest BCUT2D eigenvalue weighted by Gasteiger charge is -1.99. The maximum atomic E-state index is 11.3. The van der Waals surface area contributed by atoms with Crippen LogP contribution < -0.4 is 0 Å². The van der Waals surface area contributed by atoms with E-state index in [9.17, 15) is 4.79 Å². The van der Waals surface area contributed by atoms with E-state index in [0.717, 1.165) is 0 Å². The molecule has 0 radical (unpaired) electrons. The average Bonchev–Trinajstić information content (AvgIpc) is 2.47. The van der Waals surface area contributed by atoms with Crippen molar-refractivity contribution in [2.75, 3.05) is 6.61 Å². The molecule has 0 amide bonds. The van der Waals surface area contributed by atoms with Crippen LogP contribution in [0.4, 0.5) is 0 Å². The average molecular weight is 204 g/mol. The lowest BCUT2D eigenvalue weighted by molar-refractivity contribution is 0.0523. The molecule has 0 aliphatic heterocycles. The van der Waals surface area contributed by atoms with E-state index in [0.29, 0.717) is 23.6 Å². The number of aromatic nitrogens is 1. The number of hydrogen-bond acceptors (Lipinski definition) is 4. The van der Waals surface area contributed by atoms with Crippen LogP contribution in [0.2, 0.25) is 0 Å². The highest BCUT2D eigenvalue weighted by molar-refractivity contribution is 6.17. The minimum atomic E-state index is -0.433. The summed E-state index contributed by atoms with van der Waals surface area (Å²) in [6, 6.07) is 0. The first kappa shape index (κ1) is 10.1. The maximum absolute atomic E-state index is 11.3. The molecule has 0 saturated carbocycles. The van der Waals surface area contributed by atoms with Crippen molar-refractivity contribution in [1.29, 1.82) is 0 Å². The number of rotatable bonds is 3. The van der Waals surface area contributed by atoms with Crippen molar-refractivity contribution >= 4 is 17.6 Å². The van der Waals surface area contributed by atoms with E-state index >= 15 is 0 Å². The second-order valence-corrected chi connectivity index (χ2v) is 2.69. The van der Waals surface area contributed by atoms with Gasteiger partial charge in [-0.2, -0.15) is 0 Å². The van der Waals surface area contributed by atoms with Crippen molar-refractivity contribution in [3.05, 3.63) is 17.0 Å². The molecule has 1 rings (SSSR count). The summed E-state index contributed by atoms with van der Waals surface area (Å²) in [7, 11) is 0. The minimum absolute atomic E-state index is 0.120. The van der Waals surface area contributed by atoms with Crippen LogP contribution in [0.15, 0.2) is 4.52 Å². The van der Waals surface area contributed by atoms with E-state index in [1.165, 1.54) is 0 Å². The Morgan fingerprint density at radius 2 is 2.38 bits per heavy atom. The summed E-state index contributed by atoms with van der Waals surface area (Å²) in [6.07, 6.45) is 0. The van der Waals surface area contributed by atoms with Crippen LogP contribution in [0.25, 0.3) is 0 Å². The van der Waals surface area contributed by atoms with Gasteiger partial charge in [0.2, 0.25) is 0 Å². The van der Waals surface area contributed by atoms with Crippen LogP contribution in [0.3, 0.4) is 0 Å². The van der Waals surface area contributed by atoms with Gasteiger partial charge in [-0.25, -0.2) is 4.79 Å². The van der Waals surface area contributed by atoms with Crippen LogP contribution in [-0.2, 0) is 10.6 Å². The second kappa shape index (κ2) is 4.28. The fourth-order valence-corrected chi connectivity index (χ4v) is 1.16. The molecule has 0 saturated heterocycles. The van der Waals surface area contributed by atoms with E-state index in [-0.39, 0.29) is 5.88 Å². The first-order chi connectivity index (χ1) is 6.20. The quantitative estimate of drug-likeness (QED) is 0.556. The normalized spacial score (nSPS) is 10.1. The minimum Gasteiger partial charge on any atom is -0.462 e. The molecule has 5 heteroatoms. The summed E-state index contributed by atoms with van der Waals surface area (Å²) in [5, 5.41) is 3.63. The topological polar surface area (TPSA) is 52.3 Å². The third kappa shape index (κ3) is 2.01. The van der Waals surface area contributed by atoms with Gasteiger partial charge in [-0.3, -0.25) is 0 Å². The van der Waals surface area contributed by atoms with Crippen LogP contribution in [0.1, 0.15) is 28.7 Å². The Hall–Kier alpha value is -1.03. The van der Waals surface area contributed by atoms with Crippen LogP contribution in [0.5, 0.6) is 0 Å². The third-order valence-electron chi connectivity index (χ3n) is 1.53. The van der Waals surface area contributed by atoms with Gasteiger partial charge in [0.15, 0.2) is 5.76 Å². The summed E-state index contributed by atoms with van der Waals surface area (Å²) in [5.74, 6) is 0.0455. The Bertz CT molecular complexity index is 308. The number of halogens is 1. The first-order valence-corrected chi connectivity index (χ1v) is 4.42. The zero-order chi connectivity index (χ0) is 9.84. The Labute approximate surface area is 80.8 Å². The van der Waals surface area contributed by atoms with E-state index < -0.39 is 5.97 Å². The number of aryl methyl sites for hydroxylation is 1. The highest BCUT2D eigenvalue weighted by Gasteiger charge is 2.20. The molecule has 0 N–H and O–H groups in total. The van der Waals surface area contributed by atoms with E-state index in [1.807, 2.05) is 0 Å². The summed E-state index contributed by atoms with van der Waals surface area (Å²) in [5.41, 5.74) is 0.853. The Balaban J connectivity index is 2.96. The lowest BCUT2D eigenvalue weighted by Crippen LogP contribution is -2.07. The molecule has 72 valence electrons. The van der Waals surface area contributed by atoms with Crippen molar-refractivity contribution in [2.45, 2.75) is 19.7 Å². The monoisotopic (exact) mass is 203 g/mol. The smallest absolute Gasteiger partial charge is 0.343 e. The van der Waals surface area contributed by atoms with Gasteiger partial charge in [-0.05, 0) is 13.8 Å². The van der Waals surface area contributed by atoms with Gasteiger partial charge < -0.3 is 9.26 Å². The predicted molar refractivity (Wildman–Crippen MR) is 46.8 cm³/mol. The van der Waals surface area contributed by atoms with Gasteiger partial charge in [0.1, 0.15) is 5.56 Å². The van der Waals surface area contributed by atoms with E-state index in [4.69, 9.17) is 20.9 Å². The standard InChI is InChI=1S/C8H10ClNO3/c1-3-12-8(11)7-5(2)10-13-6(7)4-9/h3-4H2,1-2H3. The van der Waals surface area contributed by atoms with Crippen molar-refractivity contribution in [2.24, 2.45) is 0 Å². The molecule has 4 nitrogen and oxygen atoms in total. The number of ether oxygens (including phenoxy) is 1. The molecule has 0 unspecified atom stereocenters. The second-order valence-electron chi connectivity index (χ2n) is 2.42. The van der Waals surface area contributed by atoms with Gasteiger partial charge >= 0.3 is 5.97 Å². The van der Waals surface area contributed by atoms with Gasteiger partial charge in [0, 0.05) is 0 Å². The molecule has 0 aliphatic carbocycles. The molecule has 0 bridgehead atoms. The number of carbonyl (C=O) groups is 1. The molecule has 13 heavy (non-hydrogen) atoms. The molecular weight excluding hydrogens is 194 g/mol. The van der Waals surface area contributed by atoms with E-state index in [2.05, 4.69) is 5.16 Å². The number of esters is 1. The number of alkyl halides is 1. The molecule has 1 heterocycles. The molecule has 0 aliphatic rings. The predicted octanol–water partition coefficient (Wildman–Crippen LogP) is 1.90. The molecule has 0 fully saturated rings. The fourth-order valence-electron chi connectivity index (χ4n) is 0.973. The molecule has 1 aromatic rings. The third-order valence-corrected chi connectivity index (χ3v) is 1.78. The first-order valence-electron chi connectivity index (χ1n) is 3.89. The van der Waals surface area contributed by atoms with Crippen molar-refractivity contribution in [3.8, 4) is 0 Å². The van der Waals surface area contributed by atoms with Crippen LogP contribution in [0, 0.1) is 6.92 Å². The zero-order valence-electron chi connectivity index (χ0n) is 7.46. The maximum Gasteiger partial charge on any atom is 0.343 e. The molecular formula is C8H10ClNO3. The van der Waals surface area contributed by atoms with Gasteiger partial charge in [-0.1, -0.05) is 5.16 Å². The molecule has 1 aromatic heterocycles. The van der Waals surface area contributed by atoms with Gasteiger partial charge in [-0.15, -0.1) is 11.6 Å². The fraction of sp³-hybridized carbons (Fsp3) is 0.500. The highest BCUT2D eigenvalue weighted by Crippen LogP contribution is 2.16. The van der Waals surface area contributed by atoms with Crippen molar-refractivity contribution in [3.63, 3.8) is 0 Å². The SMILES string of the molecule is CCOC(=O)c1c(C)noc1CCl.